The number of hydrogen-bond donors (Lipinski definition) is 1. The maximum Gasteiger partial charge on any atom is 0.119 e. The minimum atomic E-state index is 0.0313. The maximum absolute atomic E-state index is 10.6. The van der Waals surface area contributed by atoms with Gasteiger partial charge in [-0.05, 0) is 40.9 Å². The Morgan fingerprint density at radius 2 is 1.15 bits per heavy atom. The third-order valence-corrected chi connectivity index (χ3v) is 6.32. The van der Waals surface area contributed by atoms with Crippen molar-refractivity contribution in [3.05, 3.63) is 29.3 Å². The lowest BCUT2D eigenvalue weighted by molar-refractivity contribution is 0.400. The van der Waals surface area contributed by atoms with Gasteiger partial charge in [-0.25, -0.2) is 0 Å². The van der Waals surface area contributed by atoms with Crippen LogP contribution in [-0.4, -0.2) is 5.11 Å². The molecule has 156 valence electrons. The van der Waals surface area contributed by atoms with Crippen molar-refractivity contribution < 1.29 is 5.11 Å². The highest BCUT2D eigenvalue weighted by molar-refractivity contribution is 5.43. The lowest BCUT2D eigenvalue weighted by Gasteiger charge is -2.31. The summed E-state index contributed by atoms with van der Waals surface area (Å²) in [5, 5.41) is 10.6. The first kappa shape index (κ1) is 24.1. The van der Waals surface area contributed by atoms with Gasteiger partial charge in [0.25, 0.3) is 0 Å². The van der Waals surface area contributed by atoms with Crippen LogP contribution in [0.1, 0.15) is 130 Å². The van der Waals surface area contributed by atoms with Gasteiger partial charge in [0, 0.05) is 0 Å². The molecule has 1 N–H and O–H groups in total. The van der Waals surface area contributed by atoms with Crippen molar-refractivity contribution in [2.75, 3.05) is 0 Å². The Morgan fingerprint density at radius 3 is 1.67 bits per heavy atom. The quantitative estimate of drug-likeness (QED) is 0.323. The van der Waals surface area contributed by atoms with Gasteiger partial charge in [-0.2, -0.15) is 0 Å². The molecule has 0 saturated heterocycles. The van der Waals surface area contributed by atoms with Crippen molar-refractivity contribution in [1.82, 2.24) is 0 Å². The molecule has 27 heavy (non-hydrogen) atoms. The summed E-state index contributed by atoms with van der Waals surface area (Å²) in [6, 6.07) is 6.37. The standard InChI is InChI=1S/C26H46O/c1-7-9-11-13-15-19-25(3,4)22-17-18-24(27)23(21-22)26(5,6)20-16-14-12-10-8-2/h17-18,21,27H,7-16,19-20H2,1-6H3. The summed E-state index contributed by atoms with van der Waals surface area (Å²) in [5.41, 5.74) is 2.72. The third kappa shape index (κ3) is 8.28. The van der Waals surface area contributed by atoms with Crippen LogP contribution in [0.3, 0.4) is 0 Å². The second-order valence-corrected chi connectivity index (χ2v) is 9.83. The van der Waals surface area contributed by atoms with E-state index in [0.717, 1.165) is 12.0 Å². The van der Waals surface area contributed by atoms with Crippen LogP contribution in [0.4, 0.5) is 0 Å². The van der Waals surface area contributed by atoms with Gasteiger partial charge in [0.1, 0.15) is 5.75 Å². The molecular formula is C26H46O. The van der Waals surface area contributed by atoms with Gasteiger partial charge in [-0.15, -0.1) is 0 Å². The first-order valence-corrected chi connectivity index (χ1v) is 11.6. The molecule has 0 saturated carbocycles. The molecule has 1 aromatic carbocycles. The molecule has 0 fully saturated rings. The van der Waals surface area contributed by atoms with Crippen LogP contribution in [0.5, 0.6) is 5.75 Å². The van der Waals surface area contributed by atoms with E-state index in [1.165, 1.54) is 76.2 Å². The van der Waals surface area contributed by atoms with E-state index in [2.05, 4.69) is 53.7 Å². The van der Waals surface area contributed by atoms with Crippen LogP contribution in [0, 0.1) is 0 Å². The van der Waals surface area contributed by atoms with Gasteiger partial charge in [0.05, 0.1) is 0 Å². The predicted octanol–water partition coefficient (Wildman–Crippen LogP) is 8.67. The molecule has 0 aliphatic rings. The molecule has 1 heteroatoms. The summed E-state index contributed by atoms with van der Waals surface area (Å²) >= 11 is 0. The second kappa shape index (κ2) is 11.8. The van der Waals surface area contributed by atoms with Crippen LogP contribution in [-0.2, 0) is 10.8 Å². The first-order chi connectivity index (χ1) is 12.7. The molecular weight excluding hydrogens is 328 g/mol. The highest BCUT2D eigenvalue weighted by Gasteiger charge is 2.27. The highest BCUT2D eigenvalue weighted by atomic mass is 16.3. The van der Waals surface area contributed by atoms with Crippen molar-refractivity contribution in [3.63, 3.8) is 0 Å². The van der Waals surface area contributed by atoms with Gasteiger partial charge in [-0.1, -0.05) is 118 Å². The maximum atomic E-state index is 10.6. The molecule has 0 atom stereocenters. The highest BCUT2D eigenvalue weighted by Crippen LogP contribution is 2.39. The fraction of sp³-hybridized carbons (Fsp3) is 0.769. The normalized spacial score (nSPS) is 12.5. The zero-order valence-electron chi connectivity index (χ0n) is 19.2. The monoisotopic (exact) mass is 374 g/mol. The van der Waals surface area contributed by atoms with Crippen LogP contribution in [0.25, 0.3) is 0 Å². The average Bonchev–Trinajstić information content (AvgIpc) is 2.61. The molecule has 1 aromatic rings. The van der Waals surface area contributed by atoms with Gasteiger partial charge in [-0.3, -0.25) is 0 Å². The predicted molar refractivity (Wildman–Crippen MR) is 121 cm³/mol. The number of hydrogen-bond acceptors (Lipinski definition) is 1. The third-order valence-electron chi connectivity index (χ3n) is 6.32. The van der Waals surface area contributed by atoms with Gasteiger partial charge in [0.15, 0.2) is 0 Å². The van der Waals surface area contributed by atoms with Gasteiger partial charge in [0.2, 0.25) is 0 Å². The Hall–Kier alpha value is -0.980. The average molecular weight is 375 g/mol. The fourth-order valence-corrected chi connectivity index (χ4v) is 4.12. The van der Waals surface area contributed by atoms with Crippen molar-refractivity contribution in [2.45, 2.75) is 129 Å². The number of rotatable bonds is 14. The number of aromatic hydroxyl groups is 1. The van der Waals surface area contributed by atoms with Crippen molar-refractivity contribution in [3.8, 4) is 5.75 Å². The van der Waals surface area contributed by atoms with Gasteiger partial charge >= 0.3 is 0 Å². The molecule has 0 bridgehead atoms. The lowest BCUT2D eigenvalue weighted by atomic mass is 9.74. The van der Waals surface area contributed by atoms with E-state index >= 15 is 0 Å². The van der Waals surface area contributed by atoms with Crippen molar-refractivity contribution in [1.29, 1.82) is 0 Å². The topological polar surface area (TPSA) is 20.2 Å². The molecule has 0 aliphatic heterocycles. The van der Waals surface area contributed by atoms with E-state index in [4.69, 9.17) is 0 Å². The largest absolute Gasteiger partial charge is 0.508 e. The zero-order chi connectivity index (χ0) is 20.3. The molecule has 0 heterocycles. The molecule has 0 aliphatic carbocycles. The molecule has 0 amide bonds. The smallest absolute Gasteiger partial charge is 0.119 e. The Labute approximate surface area is 170 Å². The lowest BCUT2D eigenvalue weighted by Crippen LogP contribution is -2.21. The van der Waals surface area contributed by atoms with Crippen LogP contribution in [0.15, 0.2) is 18.2 Å². The minimum Gasteiger partial charge on any atom is -0.508 e. The Bertz CT molecular complexity index is 527. The van der Waals surface area contributed by atoms with E-state index in [1.54, 1.807) is 0 Å². The Kier molecular flexibility index (Phi) is 10.5. The molecule has 1 rings (SSSR count). The molecule has 0 spiro atoms. The minimum absolute atomic E-state index is 0.0313. The van der Waals surface area contributed by atoms with Crippen LogP contribution < -0.4 is 0 Å². The molecule has 0 unspecified atom stereocenters. The summed E-state index contributed by atoms with van der Waals surface area (Å²) in [5.74, 6) is 0.469. The van der Waals surface area contributed by atoms with E-state index < -0.39 is 0 Å². The number of phenols is 1. The molecule has 0 radical (unpaired) electrons. The first-order valence-electron chi connectivity index (χ1n) is 11.6. The number of phenolic OH excluding ortho intramolecular Hbond substituents is 1. The van der Waals surface area contributed by atoms with Crippen LogP contribution >= 0.6 is 0 Å². The van der Waals surface area contributed by atoms with Crippen molar-refractivity contribution >= 4 is 0 Å². The Balaban J connectivity index is 2.76. The summed E-state index contributed by atoms with van der Waals surface area (Å²) in [6.45, 7) is 13.8. The second-order valence-electron chi connectivity index (χ2n) is 9.83. The van der Waals surface area contributed by atoms with E-state index in [9.17, 15) is 5.11 Å². The van der Waals surface area contributed by atoms with Gasteiger partial charge < -0.3 is 5.11 Å². The molecule has 0 aromatic heterocycles. The van der Waals surface area contributed by atoms with Crippen LogP contribution in [0.2, 0.25) is 0 Å². The van der Waals surface area contributed by atoms with Crippen molar-refractivity contribution in [2.24, 2.45) is 0 Å². The Morgan fingerprint density at radius 1 is 0.667 bits per heavy atom. The summed E-state index contributed by atoms with van der Waals surface area (Å²) < 4.78 is 0. The summed E-state index contributed by atoms with van der Waals surface area (Å²) in [4.78, 5) is 0. The number of benzene rings is 1. The zero-order valence-corrected chi connectivity index (χ0v) is 19.2. The fourth-order valence-electron chi connectivity index (χ4n) is 4.12. The van der Waals surface area contributed by atoms with E-state index in [0.29, 0.717) is 5.75 Å². The number of unbranched alkanes of at least 4 members (excludes halogenated alkanes) is 8. The summed E-state index contributed by atoms with van der Waals surface area (Å²) in [6.07, 6.45) is 15.5. The summed E-state index contributed by atoms with van der Waals surface area (Å²) in [7, 11) is 0. The van der Waals surface area contributed by atoms with E-state index in [1.807, 2.05) is 6.07 Å². The molecule has 1 nitrogen and oxygen atoms in total. The van der Waals surface area contributed by atoms with E-state index in [-0.39, 0.29) is 10.8 Å². The SMILES string of the molecule is CCCCCCCC(C)(C)c1ccc(O)c(C(C)(C)CCCCCCC)c1.